The Morgan fingerprint density at radius 2 is 1.67 bits per heavy atom. The lowest BCUT2D eigenvalue weighted by molar-refractivity contribution is 0.334. The first kappa shape index (κ1) is 19.0. The van der Waals surface area contributed by atoms with Crippen molar-refractivity contribution in [2.45, 2.75) is 26.7 Å². The third-order valence-corrected chi connectivity index (χ3v) is 4.46. The summed E-state index contributed by atoms with van der Waals surface area (Å²) in [4.78, 5) is 0. The molecule has 0 aliphatic heterocycles. The molecule has 1 nitrogen and oxygen atoms in total. The summed E-state index contributed by atoms with van der Waals surface area (Å²) in [5.41, 5.74) is 2.02. The number of hydrogen-bond donors (Lipinski definition) is 0. The van der Waals surface area contributed by atoms with Gasteiger partial charge in [-0.15, -0.1) is 0 Å². The standard InChI is InChI=1S/C23H21F3O/c1-3-5-13-27-19-14-17-11-12-18(21(24)20(17)23(26)22(19)25)16-9-7-15(6-4-2)8-10-16/h3,5,7-12,14H,4,6,13H2,1-2H3. The second kappa shape index (κ2) is 8.30. The molecule has 0 saturated heterocycles. The van der Waals surface area contributed by atoms with Crippen LogP contribution in [-0.2, 0) is 6.42 Å². The highest BCUT2D eigenvalue weighted by Crippen LogP contribution is 2.35. The van der Waals surface area contributed by atoms with Crippen LogP contribution in [0.25, 0.3) is 21.9 Å². The van der Waals surface area contributed by atoms with E-state index in [9.17, 15) is 8.78 Å². The molecule has 0 N–H and O–H groups in total. The molecule has 0 fully saturated rings. The first-order valence-electron chi connectivity index (χ1n) is 9.00. The molecule has 0 bridgehead atoms. The van der Waals surface area contributed by atoms with Crippen LogP contribution in [0.1, 0.15) is 25.8 Å². The van der Waals surface area contributed by atoms with Crippen LogP contribution in [0.2, 0.25) is 0 Å². The number of fused-ring (bicyclic) bond motifs is 1. The van der Waals surface area contributed by atoms with E-state index < -0.39 is 17.5 Å². The van der Waals surface area contributed by atoms with Crippen molar-refractivity contribution in [2.75, 3.05) is 6.61 Å². The topological polar surface area (TPSA) is 9.23 Å². The molecular weight excluding hydrogens is 349 g/mol. The normalized spacial score (nSPS) is 11.4. The first-order chi connectivity index (χ1) is 13.1. The van der Waals surface area contributed by atoms with Gasteiger partial charge in [-0.25, -0.2) is 8.78 Å². The number of rotatable bonds is 6. The number of aryl methyl sites for hydroxylation is 1. The molecule has 0 saturated carbocycles. The third kappa shape index (κ3) is 3.85. The molecule has 3 aromatic carbocycles. The number of halogens is 3. The molecule has 0 aliphatic carbocycles. The maximum atomic E-state index is 15.0. The minimum absolute atomic E-state index is 0.114. The van der Waals surface area contributed by atoms with Gasteiger partial charge in [0.25, 0.3) is 0 Å². The van der Waals surface area contributed by atoms with E-state index in [0.29, 0.717) is 5.56 Å². The van der Waals surface area contributed by atoms with Gasteiger partial charge < -0.3 is 4.74 Å². The number of hydrogen-bond acceptors (Lipinski definition) is 1. The molecule has 0 atom stereocenters. The highest BCUT2D eigenvalue weighted by Gasteiger charge is 2.20. The molecule has 140 valence electrons. The predicted octanol–water partition coefficient (Wildman–Crippen LogP) is 6.83. The van der Waals surface area contributed by atoms with Crippen molar-refractivity contribution < 1.29 is 17.9 Å². The van der Waals surface area contributed by atoms with Crippen molar-refractivity contribution >= 4 is 10.8 Å². The second-order valence-corrected chi connectivity index (χ2v) is 6.35. The maximum absolute atomic E-state index is 15.0. The fraction of sp³-hybridized carbons (Fsp3) is 0.217. The molecule has 0 aliphatic rings. The summed E-state index contributed by atoms with van der Waals surface area (Å²) < 4.78 is 49.2. The summed E-state index contributed by atoms with van der Waals surface area (Å²) in [6.07, 6.45) is 5.38. The van der Waals surface area contributed by atoms with Crippen LogP contribution in [0.3, 0.4) is 0 Å². The predicted molar refractivity (Wildman–Crippen MR) is 104 cm³/mol. The molecule has 0 unspecified atom stereocenters. The van der Waals surface area contributed by atoms with E-state index in [1.807, 2.05) is 12.1 Å². The van der Waals surface area contributed by atoms with Gasteiger partial charge in [0.15, 0.2) is 11.6 Å². The van der Waals surface area contributed by atoms with Crippen LogP contribution < -0.4 is 4.74 Å². The zero-order chi connectivity index (χ0) is 19.4. The summed E-state index contributed by atoms with van der Waals surface area (Å²) >= 11 is 0. The Morgan fingerprint density at radius 1 is 0.926 bits per heavy atom. The third-order valence-electron chi connectivity index (χ3n) is 4.46. The Morgan fingerprint density at radius 3 is 2.33 bits per heavy atom. The van der Waals surface area contributed by atoms with Gasteiger partial charge in [-0.2, -0.15) is 4.39 Å². The smallest absolute Gasteiger partial charge is 0.201 e. The van der Waals surface area contributed by atoms with Gasteiger partial charge in [-0.3, -0.25) is 0 Å². The van der Waals surface area contributed by atoms with E-state index in [1.54, 1.807) is 43.3 Å². The fourth-order valence-electron chi connectivity index (χ4n) is 3.06. The number of allylic oxidation sites excluding steroid dienone is 1. The molecule has 3 rings (SSSR count). The van der Waals surface area contributed by atoms with E-state index in [2.05, 4.69) is 6.92 Å². The van der Waals surface area contributed by atoms with Crippen molar-refractivity contribution in [3.8, 4) is 16.9 Å². The maximum Gasteiger partial charge on any atom is 0.201 e. The SMILES string of the molecule is CC=CCOc1cc2ccc(-c3ccc(CCC)cc3)c(F)c2c(F)c1F. The van der Waals surface area contributed by atoms with Gasteiger partial charge >= 0.3 is 0 Å². The molecule has 0 spiro atoms. The quantitative estimate of drug-likeness (QED) is 0.432. The van der Waals surface area contributed by atoms with E-state index in [4.69, 9.17) is 4.74 Å². The van der Waals surface area contributed by atoms with Crippen molar-refractivity contribution in [3.63, 3.8) is 0 Å². The van der Waals surface area contributed by atoms with Crippen LogP contribution in [0.15, 0.2) is 54.6 Å². The zero-order valence-electron chi connectivity index (χ0n) is 15.4. The molecule has 27 heavy (non-hydrogen) atoms. The largest absolute Gasteiger partial charge is 0.486 e. The van der Waals surface area contributed by atoms with Crippen molar-refractivity contribution in [3.05, 3.63) is 77.6 Å². The fourth-order valence-corrected chi connectivity index (χ4v) is 3.06. The average molecular weight is 370 g/mol. The van der Waals surface area contributed by atoms with Gasteiger partial charge in [0, 0.05) is 5.56 Å². The van der Waals surface area contributed by atoms with Gasteiger partial charge in [-0.1, -0.05) is 61.9 Å². The minimum Gasteiger partial charge on any atom is -0.486 e. The van der Waals surface area contributed by atoms with E-state index in [0.717, 1.165) is 18.4 Å². The molecule has 0 heterocycles. The molecular formula is C23H21F3O. The van der Waals surface area contributed by atoms with Gasteiger partial charge in [0.2, 0.25) is 5.82 Å². The monoisotopic (exact) mass is 370 g/mol. The van der Waals surface area contributed by atoms with Crippen molar-refractivity contribution in [1.29, 1.82) is 0 Å². The van der Waals surface area contributed by atoms with Gasteiger partial charge in [0.05, 0.1) is 5.39 Å². The molecule has 3 aromatic rings. The van der Waals surface area contributed by atoms with Crippen LogP contribution in [-0.4, -0.2) is 6.61 Å². The molecule has 4 heteroatoms. The second-order valence-electron chi connectivity index (χ2n) is 6.35. The Bertz CT molecular complexity index is 975. The Hall–Kier alpha value is -2.75. The highest BCUT2D eigenvalue weighted by molar-refractivity contribution is 5.90. The van der Waals surface area contributed by atoms with Crippen LogP contribution in [0.4, 0.5) is 13.2 Å². The lowest BCUT2D eigenvalue weighted by atomic mass is 9.98. The summed E-state index contributed by atoms with van der Waals surface area (Å²) in [7, 11) is 0. The first-order valence-corrected chi connectivity index (χ1v) is 9.00. The van der Waals surface area contributed by atoms with Gasteiger partial charge in [-0.05, 0) is 35.9 Å². The van der Waals surface area contributed by atoms with Crippen LogP contribution in [0, 0.1) is 17.5 Å². The van der Waals surface area contributed by atoms with Crippen molar-refractivity contribution in [1.82, 2.24) is 0 Å². The minimum atomic E-state index is -1.23. The summed E-state index contributed by atoms with van der Waals surface area (Å²) in [6.45, 7) is 4.00. The number of benzene rings is 3. The highest BCUT2D eigenvalue weighted by atomic mass is 19.2. The summed E-state index contributed by atoms with van der Waals surface area (Å²) in [5, 5.41) is -0.103. The van der Waals surface area contributed by atoms with Crippen molar-refractivity contribution in [2.24, 2.45) is 0 Å². The van der Waals surface area contributed by atoms with E-state index in [-0.39, 0.29) is 28.7 Å². The zero-order valence-corrected chi connectivity index (χ0v) is 15.4. The van der Waals surface area contributed by atoms with Gasteiger partial charge in [0.1, 0.15) is 12.4 Å². The lowest BCUT2D eigenvalue weighted by Crippen LogP contribution is -2.00. The molecule has 0 aromatic heterocycles. The summed E-state index contributed by atoms with van der Waals surface area (Å²) in [5.74, 6) is -3.41. The van der Waals surface area contributed by atoms with Crippen LogP contribution >= 0.6 is 0 Å². The lowest BCUT2D eigenvalue weighted by Gasteiger charge is -2.12. The Kier molecular flexibility index (Phi) is 5.84. The van der Waals surface area contributed by atoms with E-state index >= 15 is 4.39 Å². The molecule has 0 amide bonds. The van der Waals surface area contributed by atoms with Crippen LogP contribution in [0.5, 0.6) is 5.75 Å². The van der Waals surface area contributed by atoms with E-state index in [1.165, 1.54) is 6.07 Å². The Labute approximate surface area is 157 Å². The summed E-state index contributed by atoms with van der Waals surface area (Å²) in [6, 6.07) is 12.0. The number of ether oxygens (including phenoxy) is 1. The molecule has 0 radical (unpaired) electrons. The Balaban J connectivity index is 2.06. The average Bonchev–Trinajstić information content (AvgIpc) is 2.67.